The van der Waals surface area contributed by atoms with Crippen molar-refractivity contribution in [3.05, 3.63) is 59.9 Å². The van der Waals surface area contributed by atoms with Crippen LogP contribution in [0.1, 0.15) is 49.7 Å². The predicted octanol–water partition coefficient (Wildman–Crippen LogP) is 3.43. The maximum absolute atomic E-state index is 12.2. The first kappa shape index (κ1) is 34.8. The number of nitrogens with zero attached hydrogens (tertiary/aromatic N) is 4. The van der Waals surface area contributed by atoms with Crippen molar-refractivity contribution in [3.63, 3.8) is 0 Å². The minimum atomic E-state index is -5.08. The van der Waals surface area contributed by atoms with Crippen LogP contribution in [0.25, 0.3) is 0 Å². The maximum Gasteiger partial charge on any atom is 0.490 e. The molecule has 1 aromatic carbocycles. The molecule has 2 aliphatic heterocycles. The number of likely N-dealkylation sites (tertiary alicyclic amines) is 1. The molecule has 0 bridgehead atoms. The number of nitrogens with one attached hydrogen (secondary N) is 2. The molecule has 3 heterocycles. The average molecular weight is 621 g/mol. The highest BCUT2D eigenvalue weighted by atomic mass is 19.4. The van der Waals surface area contributed by atoms with Gasteiger partial charge >= 0.3 is 24.0 Å². The highest BCUT2D eigenvalue weighted by Crippen LogP contribution is 2.16. The Balaban J connectivity index is 0.000000676. The first-order chi connectivity index (χ1) is 21.1. The third-order valence-corrected chi connectivity index (χ3v) is 7.62. The first-order valence-corrected chi connectivity index (χ1v) is 15.2. The molecule has 3 N–H and O–H groups in total. The number of hydrogen-bond acceptors (Lipinski definition) is 7. The van der Waals surface area contributed by atoms with Gasteiger partial charge in [-0.15, -0.1) is 0 Å². The van der Waals surface area contributed by atoms with Gasteiger partial charge in [-0.3, -0.25) is 24.4 Å². The van der Waals surface area contributed by atoms with Crippen LogP contribution in [0.4, 0.5) is 18.9 Å². The lowest BCUT2D eigenvalue weighted by molar-refractivity contribution is -0.192. The Kier molecular flexibility index (Phi) is 14.4. The molecule has 44 heavy (non-hydrogen) atoms. The number of aromatic nitrogens is 1. The molecule has 4 rings (SSSR count). The number of carbonyl (C=O) groups is 3. The van der Waals surface area contributed by atoms with Gasteiger partial charge in [-0.2, -0.15) is 13.2 Å². The molecule has 0 unspecified atom stereocenters. The van der Waals surface area contributed by atoms with E-state index in [9.17, 15) is 22.8 Å². The molecule has 0 atom stereocenters. The van der Waals surface area contributed by atoms with Crippen LogP contribution in [0.5, 0.6) is 0 Å². The molecule has 0 spiro atoms. The number of alkyl halides is 3. The van der Waals surface area contributed by atoms with Crippen LogP contribution in [0.3, 0.4) is 0 Å². The molecule has 2 fully saturated rings. The Morgan fingerprint density at radius 2 is 1.30 bits per heavy atom. The molecular weight excluding hydrogens is 577 g/mol. The number of rotatable bonds is 9. The summed E-state index contributed by atoms with van der Waals surface area (Å²) >= 11 is 0. The van der Waals surface area contributed by atoms with Gasteiger partial charge < -0.3 is 20.6 Å². The monoisotopic (exact) mass is 620 g/mol. The minimum Gasteiger partial charge on any atom is -0.475 e. The molecule has 13 heteroatoms. The van der Waals surface area contributed by atoms with Crippen LogP contribution in [0.2, 0.25) is 0 Å². The van der Waals surface area contributed by atoms with E-state index in [1.807, 2.05) is 36.7 Å². The van der Waals surface area contributed by atoms with Gasteiger partial charge in [0.2, 0.25) is 0 Å². The fourth-order valence-corrected chi connectivity index (χ4v) is 5.12. The van der Waals surface area contributed by atoms with Gasteiger partial charge in [0.25, 0.3) is 0 Å². The SMILES string of the molecule is O=C(NCCCN1CCN(c2ccncc2)CC1)C(=O)NCc1ccc(CN2CCCCCCC2)cc1.O=C(O)C(F)(F)F. The number of aliphatic carboxylic acids is 1. The Labute approximate surface area is 256 Å². The molecule has 0 radical (unpaired) electrons. The second-order valence-corrected chi connectivity index (χ2v) is 11.0. The Morgan fingerprint density at radius 1 is 0.750 bits per heavy atom. The highest BCUT2D eigenvalue weighted by Gasteiger charge is 2.38. The Hall–Kier alpha value is -3.71. The van der Waals surface area contributed by atoms with E-state index in [2.05, 4.69) is 42.5 Å². The third-order valence-electron chi connectivity index (χ3n) is 7.62. The summed E-state index contributed by atoms with van der Waals surface area (Å²) in [6, 6.07) is 12.5. The van der Waals surface area contributed by atoms with Crippen molar-refractivity contribution in [1.29, 1.82) is 0 Å². The van der Waals surface area contributed by atoms with Crippen LogP contribution < -0.4 is 15.5 Å². The number of piperazine rings is 1. The fourth-order valence-electron chi connectivity index (χ4n) is 5.12. The molecule has 2 amide bonds. The maximum atomic E-state index is 12.2. The van der Waals surface area contributed by atoms with Gasteiger partial charge in [0.1, 0.15) is 0 Å². The van der Waals surface area contributed by atoms with Crippen LogP contribution in [0.15, 0.2) is 48.8 Å². The zero-order chi connectivity index (χ0) is 31.8. The van der Waals surface area contributed by atoms with Gasteiger partial charge in [0.05, 0.1) is 0 Å². The Bertz CT molecular complexity index is 1150. The molecule has 0 saturated carbocycles. The van der Waals surface area contributed by atoms with E-state index in [1.165, 1.54) is 56.4 Å². The van der Waals surface area contributed by atoms with E-state index >= 15 is 0 Å². The van der Waals surface area contributed by atoms with E-state index < -0.39 is 24.0 Å². The number of carboxylic acids is 1. The third kappa shape index (κ3) is 12.9. The summed E-state index contributed by atoms with van der Waals surface area (Å²) in [4.78, 5) is 44.7. The van der Waals surface area contributed by atoms with Crippen LogP contribution in [-0.2, 0) is 27.5 Å². The van der Waals surface area contributed by atoms with Crippen molar-refractivity contribution < 1.29 is 32.7 Å². The topological polar surface area (TPSA) is 118 Å². The molecule has 2 aromatic rings. The van der Waals surface area contributed by atoms with Crippen molar-refractivity contribution in [1.82, 2.24) is 25.4 Å². The summed E-state index contributed by atoms with van der Waals surface area (Å²) in [5.41, 5.74) is 3.52. The molecule has 10 nitrogen and oxygen atoms in total. The van der Waals surface area contributed by atoms with Crippen LogP contribution in [-0.4, -0.2) is 96.2 Å². The Morgan fingerprint density at radius 3 is 1.89 bits per heavy atom. The van der Waals surface area contributed by atoms with Gasteiger partial charge in [0, 0.05) is 63.9 Å². The van der Waals surface area contributed by atoms with Gasteiger partial charge in [-0.1, -0.05) is 43.5 Å². The summed E-state index contributed by atoms with van der Waals surface area (Å²) < 4.78 is 31.7. The van der Waals surface area contributed by atoms with Crippen LogP contribution in [0, 0.1) is 0 Å². The molecular formula is C31H43F3N6O4. The van der Waals surface area contributed by atoms with Crippen molar-refractivity contribution in [3.8, 4) is 0 Å². The van der Waals surface area contributed by atoms with E-state index in [0.717, 1.165) is 51.3 Å². The number of amides is 2. The number of benzene rings is 1. The van der Waals surface area contributed by atoms with E-state index in [1.54, 1.807) is 0 Å². The smallest absolute Gasteiger partial charge is 0.475 e. The lowest BCUT2D eigenvalue weighted by Gasteiger charge is -2.36. The second-order valence-electron chi connectivity index (χ2n) is 11.0. The van der Waals surface area contributed by atoms with Crippen molar-refractivity contribution in [2.24, 2.45) is 0 Å². The average Bonchev–Trinajstić information content (AvgIpc) is 3.00. The predicted molar refractivity (Wildman–Crippen MR) is 161 cm³/mol. The molecule has 1 aromatic heterocycles. The highest BCUT2D eigenvalue weighted by molar-refractivity contribution is 6.35. The number of carboxylic acid groups (broad SMARTS) is 1. The number of carbonyl (C=O) groups excluding carboxylic acids is 2. The molecule has 242 valence electrons. The van der Waals surface area contributed by atoms with Gasteiger partial charge in [0.15, 0.2) is 0 Å². The summed E-state index contributed by atoms with van der Waals surface area (Å²) in [6.45, 7) is 9.06. The van der Waals surface area contributed by atoms with E-state index in [4.69, 9.17) is 9.90 Å². The summed E-state index contributed by atoms with van der Waals surface area (Å²) in [5.74, 6) is -3.89. The number of anilines is 1. The molecule has 2 saturated heterocycles. The lowest BCUT2D eigenvalue weighted by Crippen LogP contribution is -2.47. The second kappa shape index (κ2) is 18.2. The van der Waals surface area contributed by atoms with Crippen molar-refractivity contribution in [2.75, 3.05) is 57.3 Å². The number of pyridine rings is 1. The largest absolute Gasteiger partial charge is 0.490 e. The number of halogens is 3. The lowest BCUT2D eigenvalue weighted by atomic mass is 10.1. The fraction of sp³-hybridized carbons (Fsp3) is 0.548. The molecule has 0 aliphatic carbocycles. The molecule has 2 aliphatic rings. The van der Waals surface area contributed by atoms with Gasteiger partial charge in [-0.25, -0.2) is 4.79 Å². The number of hydrogen-bond donors (Lipinski definition) is 3. The van der Waals surface area contributed by atoms with Crippen molar-refractivity contribution >= 4 is 23.5 Å². The minimum absolute atomic E-state index is 0.359. The quantitative estimate of drug-likeness (QED) is 0.289. The van der Waals surface area contributed by atoms with Gasteiger partial charge in [-0.05, 0) is 62.2 Å². The first-order valence-electron chi connectivity index (χ1n) is 15.2. The van der Waals surface area contributed by atoms with E-state index in [0.29, 0.717) is 13.1 Å². The summed E-state index contributed by atoms with van der Waals surface area (Å²) in [7, 11) is 0. The standard InChI is InChI=1S/C29H42N6O2.C2HF3O2/c36-28(31-13-6-18-33-19-21-35(22-20-33)27-11-14-30-15-12-27)29(37)32-23-25-7-9-26(10-8-25)24-34-16-4-2-1-3-5-17-34;3-2(4,5)1(6)7/h7-12,14-15H,1-6,13,16-24H2,(H,31,36)(H,32,37);(H,6,7). The van der Waals surface area contributed by atoms with Crippen molar-refractivity contribution in [2.45, 2.75) is 57.8 Å². The summed E-state index contributed by atoms with van der Waals surface area (Å²) in [6.07, 6.45) is 6.03. The summed E-state index contributed by atoms with van der Waals surface area (Å²) in [5, 5.41) is 12.6. The zero-order valence-electron chi connectivity index (χ0n) is 25.0. The van der Waals surface area contributed by atoms with Crippen LogP contribution >= 0.6 is 0 Å². The normalized spacial score (nSPS) is 16.6. The van der Waals surface area contributed by atoms with E-state index in [-0.39, 0.29) is 0 Å². The zero-order valence-corrected chi connectivity index (χ0v) is 25.0.